The lowest BCUT2D eigenvalue weighted by Gasteiger charge is -2.08. The van der Waals surface area contributed by atoms with Crippen molar-refractivity contribution in [3.05, 3.63) is 53.4 Å². The van der Waals surface area contributed by atoms with Crippen molar-refractivity contribution < 1.29 is 22.4 Å². The monoisotopic (exact) mass is 439 g/mol. The number of nitrogens with two attached hydrogens (primary N) is 1. The first-order valence-electron chi connectivity index (χ1n) is 8.22. The lowest BCUT2D eigenvalue weighted by Crippen LogP contribution is -2.17. The van der Waals surface area contributed by atoms with Gasteiger partial charge in [0.05, 0.1) is 12.2 Å². The molecule has 3 aromatic rings. The highest BCUT2D eigenvalue weighted by Gasteiger charge is 2.31. The van der Waals surface area contributed by atoms with E-state index in [4.69, 9.17) is 21.9 Å². The van der Waals surface area contributed by atoms with Gasteiger partial charge >= 0.3 is 6.36 Å². The number of aliphatic imine (C=N–C) groups is 2. The summed E-state index contributed by atoms with van der Waals surface area (Å²) in [5.41, 5.74) is 6.85. The molecule has 0 aliphatic heterocycles. The van der Waals surface area contributed by atoms with E-state index in [0.717, 1.165) is 12.1 Å². The van der Waals surface area contributed by atoms with E-state index in [-0.39, 0.29) is 35.1 Å². The normalized spacial score (nSPS) is 12.8. The molecular weight excluding hydrogens is 427 g/mol. The second-order valence-corrected chi connectivity index (χ2v) is 6.01. The van der Waals surface area contributed by atoms with Crippen LogP contribution >= 0.6 is 11.6 Å². The van der Waals surface area contributed by atoms with Crippen LogP contribution in [-0.2, 0) is 6.54 Å². The molecular formula is C17H13ClF3N7O2. The molecule has 30 heavy (non-hydrogen) atoms. The largest absolute Gasteiger partial charge is 0.573 e. The number of nitrogens with zero attached hydrogens (tertiary/aromatic N) is 6. The van der Waals surface area contributed by atoms with E-state index in [1.165, 1.54) is 18.3 Å². The van der Waals surface area contributed by atoms with Gasteiger partial charge in [-0.15, -0.1) is 13.2 Å². The predicted molar refractivity (Wildman–Crippen MR) is 101 cm³/mol. The van der Waals surface area contributed by atoms with Crippen LogP contribution in [0.2, 0.25) is 5.28 Å². The van der Waals surface area contributed by atoms with Crippen molar-refractivity contribution >= 4 is 23.3 Å². The molecule has 0 radical (unpaired) electrons. The number of hydrogen-bond donors (Lipinski definition) is 1. The quantitative estimate of drug-likeness (QED) is 0.367. The Hall–Kier alpha value is -3.54. The standard InChI is InChI=1S/C17H13ClF3N7O2/c1-9(24-8-11-6-7-23-16(18)26-11)25-13(22)15-27-14(28-30-15)10-2-4-12(5-3-10)29-17(19,20)21/h2-7H,8H2,1H3,(H2,22,24,25). The topological polar surface area (TPSA) is 125 Å². The van der Waals surface area contributed by atoms with Gasteiger partial charge in [-0.2, -0.15) is 4.98 Å². The molecule has 2 N–H and O–H groups in total. The summed E-state index contributed by atoms with van der Waals surface area (Å²) >= 11 is 5.71. The molecule has 0 saturated heterocycles. The van der Waals surface area contributed by atoms with Gasteiger partial charge < -0.3 is 15.0 Å². The van der Waals surface area contributed by atoms with Crippen molar-refractivity contribution in [1.29, 1.82) is 0 Å². The third-order valence-electron chi connectivity index (χ3n) is 3.43. The first-order chi connectivity index (χ1) is 14.2. The highest BCUT2D eigenvalue weighted by molar-refractivity contribution is 6.28. The van der Waals surface area contributed by atoms with Crippen molar-refractivity contribution in [2.24, 2.45) is 15.7 Å². The Kier molecular flexibility index (Phi) is 6.26. The van der Waals surface area contributed by atoms with Gasteiger partial charge in [0.1, 0.15) is 11.6 Å². The minimum Gasteiger partial charge on any atom is -0.406 e. The fourth-order valence-electron chi connectivity index (χ4n) is 2.16. The van der Waals surface area contributed by atoms with Gasteiger partial charge in [-0.25, -0.2) is 15.0 Å². The Bertz CT molecular complexity index is 1080. The lowest BCUT2D eigenvalue weighted by atomic mass is 10.2. The maximum absolute atomic E-state index is 12.2. The Morgan fingerprint density at radius 2 is 1.93 bits per heavy atom. The summed E-state index contributed by atoms with van der Waals surface area (Å²) < 4.78 is 45.5. The number of rotatable bonds is 5. The molecule has 0 fully saturated rings. The van der Waals surface area contributed by atoms with E-state index < -0.39 is 6.36 Å². The molecule has 0 saturated carbocycles. The molecule has 2 aromatic heterocycles. The van der Waals surface area contributed by atoms with Gasteiger partial charge in [0.2, 0.25) is 11.1 Å². The van der Waals surface area contributed by atoms with Crippen LogP contribution in [0.3, 0.4) is 0 Å². The molecule has 2 heterocycles. The zero-order chi connectivity index (χ0) is 21.7. The van der Waals surface area contributed by atoms with Crippen LogP contribution in [0.5, 0.6) is 5.75 Å². The molecule has 156 valence electrons. The van der Waals surface area contributed by atoms with Gasteiger partial charge in [0, 0.05) is 11.8 Å². The molecule has 0 unspecified atom stereocenters. The molecule has 1 aromatic carbocycles. The first-order valence-corrected chi connectivity index (χ1v) is 8.60. The summed E-state index contributed by atoms with van der Waals surface area (Å²) in [5.74, 6) is -0.0663. The summed E-state index contributed by atoms with van der Waals surface area (Å²) in [4.78, 5) is 20.1. The molecule has 0 aliphatic rings. The summed E-state index contributed by atoms with van der Waals surface area (Å²) in [5, 5.41) is 3.85. The van der Waals surface area contributed by atoms with Crippen LogP contribution in [0.4, 0.5) is 13.2 Å². The zero-order valence-corrected chi connectivity index (χ0v) is 16.0. The Morgan fingerprint density at radius 1 is 1.20 bits per heavy atom. The smallest absolute Gasteiger partial charge is 0.406 e. The highest BCUT2D eigenvalue weighted by atomic mass is 35.5. The number of hydrogen-bond acceptors (Lipinski definition) is 7. The number of benzene rings is 1. The van der Waals surface area contributed by atoms with Crippen LogP contribution in [0.25, 0.3) is 11.4 Å². The Labute approximate surface area is 172 Å². The fraction of sp³-hybridized carbons (Fsp3) is 0.176. The van der Waals surface area contributed by atoms with Gasteiger partial charge in [-0.3, -0.25) is 4.99 Å². The Balaban J connectivity index is 1.69. The summed E-state index contributed by atoms with van der Waals surface area (Å²) in [7, 11) is 0. The third-order valence-corrected chi connectivity index (χ3v) is 3.61. The molecule has 13 heteroatoms. The molecule has 0 aliphatic carbocycles. The number of ether oxygens (including phenoxy) is 1. The molecule has 3 rings (SSSR count). The second-order valence-electron chi connectivity index (χ2n) is 5.67. The summed E-state index contributed by atoms with van der Waals surface area (Å²) in [6.45, 7) is 1.83. The van der Waals surface area contributed by atoms with Crippen molar-refractivity contribution in [3.63, 3.8) is 0 Å². The maximum atomic E-state index is 12.2. The fourth-order valence-corrected chi connectivity index (χ4v) is 2.33. The van der Waals surface area contributed by atoms with Gasteiger partial charge in [0.15, 0.2) is 5.84 Å². The lowest BCUT2D eigenvalue weighted by molar-refractivity contribution is -0.274. The Morgan fingerprint density at radius 3 is 2.60 bits per heavy atom. The van der Waals surface area contributed by atoms with Crippen molar-refractivity contribution in [1.82, 2.24) is 20.1 Å². The predicted octanol–water partition coefficient (Wildman–Crippen LogP) is 3.40. The first kappa shape index (κ1) is 21.2. The van der Waals surface area contributed by atoms with E-state index in [2.05, 4.69) is 34.8 Å². The maximum Gasteiger partial charge on any atom is 0.573 e. The third kappa shape index (κ3) is 5.98. The SMILES string of the molecule is CC(=NCc1ccnc(Cl)n1)N=C(N)c1nc(-c2ccc(OC(F)(F)F)cc2)no1. The summed E-state index contributed by atoms with van der Waals surface area (Å²) in [6.07, 6.45) is -3.26. The van der Waals surface area contributed by atoms with E-state index >= 15 is 0 Å². The van der Waals surface area contributed by atoms with Crippen molar-refractivity contribution in [2.75, 3.05) is 0 Å². The minimum absolute atomic E-state index is 0.0692. The average molecular weight is 440 g/mol. The minimum atomic E-state index is -4.77. The molecule has 0 amide bonds. The van der Waals surface area contributed by atoms with E-state index in [1.54, 1.807) is 13.0 Å². The van der Waals surface area contributed by atoms with Crippen molar-refractivity contribution in [2.45, 2.75) is 19.8 Å². The van der Waals surface area contributed by atoms with Crippen LogP contribution in [0.1, 0.15) is 18.5 Å². The highest BCUT2D eigenvalue weighted by Crippen LogP contribution is 2.25. The molecule has 0 atom stereocenters. The molecule has 9 nitrogen and oxygen atoms in total. The second kappa shape index (κ2) is 8.86. The molecule has 0 spiro atoms. The number of amidine groups is 2. The van der Waals surface area contributed by atoms with Crippen LogP contribution in [0, 0.1) is 0 Å². The number of halogens is 4. The zero-order valence-electron chi connectivity index (χ0n) is 15.3. The van der Waals surface area contributed by atoms with Gasteiger partial charge in [0.25, 0.3) is 5.89 Å². The number of alkyl halides is 3. The van der Waals surface area contributed by atoms with Crippen LogP contribution < -0.4 is 10.5 Å². The van der Waals surface area contributed by atoms with Gasteiger partial charge in [-0.05, 0) is 48.9 Å². The molecule has 0 bridgehead atoms. The van der Waals surface area contributed by atoms with Gasteiger partial charge in [-0.1, -0.05) is 5.16 Å². The van der Waals surface area contributed by atoms with Crippen LogP contribution in [-0.4, -0.2) is 38.1 Å². The summed E-state index contributed by atoms with van der Waals surface area (Å²) in [6, 6.07) is 6.62. The van der Waals surface area contributed by atoms with Crippen LogP contribution in [0.15, 0.2) is 51.0 Å². The van der Waals surface area contributed by atoms with E-state index in [1.807, 2.05) is 0 Å². The van der Waals surface area contributed by atoms with Crippen molar-refractivity contribution in [3.8, 4) is 17.1 Å². The van der Waals surface area contributed by atoms with E-state index in [9.17, 15) is 13.2 Å². The number of aromatic nitrogens is 4. The average Bonchev–Trinajstić information content (AvgIpc) is 3.16. The van der Waals surface area contributed by atoms with E-state index in [0.29, 0.717) is 17.1 Å².